The lowest BCUT2D eigenvalue weighted by molar-refractivity contribution is 0.472. The van der Waals surface area contributed by atoms with Crippen LogP contribution in [-0.4, -0.2) is 34.8 Å². The van der Waals surface area contributed by atoms with E-state index in [0.29, 0.717) is 15.8 Å². The third-order valence-corrected chi connectivity index (χ3v) is 6.23. The second kappa shape index (κ2) is 7.92. The van der Waals surface area contributed by atoms with Crippen molar-refractivity contribution in [3.8, 4) is 5.75 Å². The predicted molar refractivity (Wildman–Crippen MR) is 126 cm³/mol. The molecule has 4 heterocycles. The van der Waals surface area contributed by atoms with Gasteiger partial charge < -0.3 is 15.3 Å². The number of thiocarbonyl (C=S) groups is 1. The van der Waals surface area contributed by atoms with Crippen molar-refractivity contribution < 1.29 is 5.11 Å². The molecule has 8 nitrogen and oxygen atoms in total. The van der Waals surface area contributed by atoms with Crippen LogP contribution in [0.1, 0.15) is 34.7 Å². The molecule has 1 aliphatic heterocycles. The molecule has 1 aliphatic rings. The second-order valence-electron chi connectivity index (χ2n) is 7.61. The zero-order valence-electron chi connectivity index (χ0n) is 17.3. The molecule has 0 spiro atoms. The quantitative estimate of drug-likeness (QED) is 0.441. The minimum Gasteiger partial charge on any atom is -0.506 e. The van der Waals surface area contributed by atoms with Crippen molar-refractivity contribution in [1.29, 1.82) is 0 Å². The number of pyridine rings is 1. The highest BCUT2D eigenvalue weighted by Gasteiger charge is 2.43. The first kappa shape index (κ1) is 20.5. The number of nitrogens with zero attached hydrogens (tertiary/aromatic N) is 6. The summed E-state index contributed by atoms with van der Waals surface area (Å²) in [6, 6.07) is 12.3. The van der Waals surface area contributed by atoms with Gasteiger partial charge in [-0.3, -0.25) is 9.66 Å². The Hall–Kier alpha value is -3.43. The molecule has 0 aliphatic carbocycles. The molecule has 1 saturated heterocycles. The number of benzene rings is 1. The van der Waals surface area contributed by atoms with Crippen molar-refractivity contribution >= 4 is 34.6 Å². The van der Waals surface area contributed by atoms with Crippen LogP contribution in [0.4, 0.5) is 5.69 Å². The van der Waals surface area contributed by atoms with Gasteiger partial charge >= 0.3 is 0 Å². The molecule has 10 heteroatoms. The van der Waals surface area contributed by atoms with Gasteiger partial charge in [0.1, 0.15) is 18.4 Å². The fourth-order valence-electron chi connectivity index (χ4n) is 4.35. The van der Waals surface area contributed by atoms with E-state index in [0.717, 1.165) is 22.6 Å². The first-order chi connectivity index (χ1) is 15.5. The zero-order valence-corrected chi connectivity index (χ0v) is 18.9. The molecule has 5 rings (SSSR count). The Bertz CT molecular complexity index is 1290. The normalized spacial score (nSPS) is 18.2. The summed E-state index contributed by atoms with van der Waals surface area (Å²) in [5.74, 6) is 0.0952. The molecule has 0 bridgehead atoms. The average Bonchev–Trinajstić information content (AvgIpc) is 3.48. The second-order valence-corrected chi connectivity index (χ2v) is 8.43. The zero-order chi connectivity index (χ0) is 22.4. The largest absolute Gasteiger partial charge is 0.506 e. The van der Waals surface area contributed by atoms with Crippen molar-refractivity contribution in [2.45, 2.75) is 25.9 Å². The number of aromatic nitrogens is 5. The Labute approximate surface area is 195 Å². The number of hydrogen-bond acceptors (Lipinski definition) is 5. The fourth-order valence-corrected chi connectivity index (χ4v) is 4.86. The van der Waals surface area contributed by atoms with Crippen molar-refractivity contribution in [1.82, 2.24) is 29.9 Å². The van der Waals surface area contributed by atoms with Gasteiger partial charge in [0.25, 0.3) is 0 Å². The van der Waals surface area contributed by atoms with Crippen molar-refractivity contribution in [2.75, 3.05) is 4.90 Å². The van der Waals surface area contributed by atoms with E-state index >= 15 is 0 Å². The molecule has 0 radical (unpaired) electrons. The Morgan fingerprint density at radius 3 is 2.59 bits per heavy atom. The van der Waals surface area contributed by atoms with Gasteiger partial charge in [-0.1, -0.05) is 17.7 Å². The first-order valence-corrected chi connectivity index (χ1v) is 10.8. The van der Waals surface area contributed by atoms with Gasteiger partial charge in [-0.2, -0.15) is 0 Å². The van der Waals surface area contributed by atoms with E-state index in [2.05, 4.69) is 26.6 Å². The van der Waals surface area contributed by atoms with Crippen LogP contribution in [0.15, 0.2) is 61.3 Å². The highest BCUT2D eigenvalue weighted by Crippen LogP contribution is 2.46. The van der Waals surface area contributed by atoms with Crippen LogP contribution >= 0.6 is 23.8 Å². The molecule has 0 saturated carbocycles. The Morgan fingerprint density at radius 1 is 1.09 bits per heavy atom. The molecular formula is C22H20ClN7OS. The van der Waals surface area contributed by atoms with E-state index < -0.39 is 0 Å². The maximum atomic E-state index is 10.7. The van der Waals surface area contributed by atoms with Crippen LogP contribution in [0, 0.1) is 13.8 Å². The SMILES string of the molecule is Cc1cc([C@@H]2[C@@H](c3ccccn3)NC(=S)N2c2cc(Cl)ccc2O)c(C)n1-n1cnnc1. The highest BCUT2D eigenvalue weighted by molar-refractivity contribution is 7.80. The van der Waals surface area contributed by atoms with Gasteiger partial charge in [-0.05, 0) is 62.5 Å². The van der Waals surface area contributed by atoms with Gasteiger partial charge in [0.15, 0.2) is 5.11 Å². The molecule has 4 aromatic rings. The lowest BCUT2D eigenvalue weighted by Crippen LogP contribution is -2.29. The molecule has 2 atom stereocenters. The number of anilines is 1. The van der Waals surface area contributed by atoms with Crippen molar-refractivity contribution in [2.24, 2.45) is 0 Å². The topological polar surface area (TPSA) is 84.0 Å². The molecule has 1 aromatic carbocycles. The first-order valence-electron chi connectivity index (χ1n) is 9.99. The van der Waals surface area contributed by atoms with Crippen molar-refractivity contribution in [3.05, 3.63) is 89.0 Å². The molecule has 162 valence electrons. The maximum Gasteiger partial charge on any atom is 0.174 e. The summed E-state index contributed by atoms with van der Waals surface area (Å²) >= 11 is 12.0. The van der Waals surface area contributed by atoms with Crippen LogP contribution in [0.3, 0.4) is 0 Å². The summed E-state index contributed by atoms with van der Waals surface area (Å²) in [5.41, 5.74) is 4.40. The number of phenols is 1. The minimum atomic E-state index is -0.279. The number of halogens is 1. The minimum absolute atomic E-state index is 0.0952. The number of nitrogens with one attached hydrogen (secondary N) is 1. The van der Waals surface area contributed by atoms with Gasteiger partial charge in [-0.25, -0.2) is 4.68 Å². The van der Waals surface area contributed by atoms with E-state index in [4.69, 9.17) is 23.8 Å². The monoisotopic (exact) mass is 465 g/mol. The lowest BCUT2D eigenvalue weighted by Gasteiger charge is -2.28. The van der Waals surface area contributed by atoms with Crippen LogP contribution in [0.5, 0.6) is 5.75 Å². The van der Waals surface area contributed by atoms with Gasteiger partial charge in [-0.15, -0.1) is 10.2 Å². The lowest BCUT2D eigenvalue weighted by atomic mass is 9.96. The molecule has 0 unspecified atom stereocenters. The maximum absolute atomic E-state index is 10.7. The highest BCUT2D eigenvalue weighted by atomic mass is 35.5. The Balaban J connectivity index is 1.71. The number of phenolic OH excluding ortho intramolecular Hbond substituents is 1. The fraction of sp³-hybridized carbons (Fsp3) is 0.182. The third kappa shape index (κ3) is 3.30. The van der Waals surface area contributed by atoms with E-state index in [1.807, 2.05) is 46.3 Å². The summed E-state index contributed by atoms with van der Waals surface area (Å²) in [4.78, 5) is 6.49. The standard InChI is InChI=1S/C22H20ClN7OS/c1-13-9-16(14(2)30(13)28-11-25-26-12-28)21-20(17-5-3-4-8-24-17)27-22(32)29(21)18-10-15(23)6-7-19(18)31/h3-12,20-21,31H,1-2H3,(H,27,32)/t20-,21-/m1/s1. The van der Waals surface area contributed by atoms with Gasteiger partial charge in [0.05, 0.1) is 23.5 Å². The molecular weight excluding hydrogens is 446 g/mol. The van der Waals surface area contributed by atoms with E-state index in [-0.39, 0.29) is 17.8 Å². The molecule has 1 fully saturated rings. The van der Waals surface area contributed by atoms with Crippen LogP contribution in [-0.2, 0) is 0 Å². The van der Waals surface area contributed by atoms with Crippen LogP contribution in [0.25, 0.3) is 0 Å². The van der Waals surface area contributed by atoms with E-state index in [9.17, 15) is 5.11 Å². The number of rotatable bonds is 4. The van der Waals surface area contributed by atoms with Crippen LogP contribution in [0.2, 0.25) is 5.02 Å². The molecule has 32 heavy (non-hydrogen) atoms. The Kier molecular flexibility index (Phi) is 5.07. The Morgan fingerprint density at radius 2 is 1.88 bits per heavy atom. The van der Waals surface area contributed by atoms with Gasteiger partial charge in [0, 0.05) is 28.2 Å². The molecule has 0 amide bonds. The molecule has 3 aromatic heterocycles. The summed E-state index contributed by atoms with van der Waals surface area (Å²) in [6.07, 6.45) is 5.06. The predicted octanol–water partition coefficient (Wildman–Crippen LogP) is 3.94. The average molecular weight is 466 g/mol. The number of aryl methyl sites for hydroxylation is 1. The van der Waals surface area contributed by atoms with Crippen molar-refractivity contribution in [3.63, 3.8) is 0 Å². The number of aromatic hydroxyl groups is 1. The summed E-state index contributed by atoms with van der Waals surface area (Å²) < 4.78 is 3.86. The van der Waals surface area contributed by atoms with E-state index in [1.165, 1.54) is 0 Å². The molecule has 2 N–H and O–H groups in total. The summed E-state index contributed by atoms with van der Waals surface area (Å²) in [7, 11) is 0. The van der Waals surface area contributed by atoms with Crippen LogP contribution < -0.4 is 10.2 Å². The van der Waals surface area contributed by atoms with Gasteiger partial charge in [0.2, 0.25) is 0 Å². The smallest absolute Gasteiger partial charge is 0.174 e. The summed E-state index contributed by atoms with van der Waals surface area (Å²) in [5, 5.41) is 23.0. The summed E-state index contributed by atoms with van der Waals surface area (Å²) in [6.45, 7) is 4.06. The van der Waals surface area contributed by atoms with E-state index in [1.54, 1.807) is 37.1 Å². The third-order valence-electron chi connectivity index (χ3n) is 5.69. The number of hydrogen-bond donors (Lipinski definition) is 2.